The number of ether oxygens (including phenoxy) is 1. The van der Waals surface area contributed by atoms with Crippen molar-refractivity contribution in [1.82, 2.24) is 4.98 Å². The second-order valence-corrected chi connectivity index (χ2v) is 3.71. The summed E-state index contributed by atoms with van der Waals surface area (Å²) in [5.74, 6) is 0.810. The number of benzene rings is 1. The average Bonchev–Trinajstić information content (AvgIpc) is 2.72. The number of aromatic amines is 1. The van der Waals surface area contributed by atoms with Crippen molar-refractivity contribution >= 4 is 10.9 Å². The number of nitrogens with zero attached hydrogens (tertiary/aromatic N) is 1. The molecule has 0 aliphatic heterocycles. The van der Waals surface area contributed by atoms with Crippen LogP contribution in [0.25, 0.3) is 10.9 Å². The summed E-state index contributed by atoms with van der Waals surface area (Å²) in [6.07, 6.45) is 0.702. The van der Waals surface area contributed by atoms with Gasteiger partial charge >= 0.3 is 0 Å². The SMILES string of the molecule is CCC(N=O)c1cc2cc(OC)ccc2[nH]1. The molecule has 1 atom stereocenters. The van der Waals surface area contributed by atoms with Gasteiger partial charge in [-0.1, -0.05) is 12.1 Å². The summed E-state index contributed by atoms with van der Waals surface area (Å²) < 4.78 is 5.15. The van der Waals surface area contributed by atoms with Gasteiger partial charge in [-0.2, -0.15) is 4.91 Å². The van der Waals surface area contributed by atoms with Gasteiger partial charge in [0, 0.05) is 16.6 Å². The van der Waals surface area contributed by atoms with Crippen molar-refractivity contribution < 1.29 is 4.74 Å². The summed E-state index contributed by atoms with van der Waals surface area (Å²) in [4.78, 5) is 13.8. The molecule has 0 saturated heterocycles. The normalized spacial score (nSPS) is 12.6. The molecule has 1 aromatic heterocycles. The number of fused-ring (bicyclic) bond motifs is 1. The number of methoxy groups -OCH3 is 1. The van der Waals surface area contributed by atoms with Crippen LogP contribution in [0.15, 0.2) is 29.4 Å². The minimum atomic E-state index is -0.293. The van der Waals surface area contributed by atoms with Crippen LogP contribution in [0.5, 0.6) is 5.75 Å². The van der Waals surface area contributed by atoms with Crippen LogP contribution in [0, 0.1) is 4.91 Å². The molecule has 1 unspecified atom stereocenters. The third kappa shape index (κ3) is 1.78. The van der Waals surface area contributed by atoms with E-state index in [9.17, 15) is 4.91 Å². The zero-order valence-corrected chi connectivity index (χ0v) is 9.36. The van der Waals surface area contributed by atoms with Crippen molar-refractivity contribution in [2.75, 3.05) is 7.11 Å². The van der Waals surface area contributed by atoms with Crippen LogP contribution in [0.4, 0.5) is 0 Å². The summed E-state index contributed by atoms with van der Waals surface area (Å²) in [5, 5.41) is 4.14. The van der Waals surface area contributed by atoms with Gasteiger partial charge in [0.05, 0.1) is 7.11 Å². The number of aromatic nitrogens is 1. The highest BCUT2D eigenvalue weighted by atomic mass is 16.5. The van der Waals surface area contributed by atoms with Crippen molar-refractivity contribution in [3.05, 3.63) is 34.9 Å². The van der Waals surface area contributed by atoms with E-state index >= 15 is 0 Å². The monoisotopic (exact) mass is 218 g/mol. The predicted octanol–water partition coefficient (Wildman–Crippen LogP) is 3.39. The Bertz CT molecular complexity index is 505. The molecule has 2 rings (SSSR count). The predicted molar refractivity (Wildman–Crippen MR) is 63.7 cm³/mol. The fraction of sp³-hybridized carbons (Fsp3) is 0.333. The van der Waals surface area contributed by atoms with Crippen LogP contribution in [-0.4, -0.2) is 12.1 Å². The van der Waals surface area contributed by atoms with E-state index in [1.807, 2.05) is 31.2 Å². The first kappa shape index (κ1) is 10.7. The Morgan fingerprint density at radius 2 is 2.25 bits per heavy atom. The fourth-order valence-corrected chi connectivity index (χ4v) is 1.79. The first-order chi connectivity index (χ1) is 7.78. The second-order valence-electron chi connectivity index (χ2n) is 3.71. The highest BCUT2D eigenvalue weighted by Gasteiger charge is 2.12. The number of hydrogen-bond donors (Lipinski definition) is 1. The zero-order chi connectivity index (χ0) is 11.5. The molecule has 0 radical (unpaired) electrons. The van der Waals surface area contributed by atoms with Crippen molar-refractivity contribution in [3.63, 3.8) is 0 Å². The number of nitrogens with one attached hydrogen (secondary N) is 1. The van der Waals surface area contributed by atoms with E-state index in [1.165, 1.54) is 0 Å². The Hall–Kier alpha value is -1.84. The summed E-state index contributed by atoms with van der Waals surface area (Å²) in [6.45, 7) is 1.94. The molecule has 1 heterocycles. The standard InChI is InChI=1S/C12H14N2O2/c1-3-10(14-15)12-7-8-6-9(16-2)4-5-11(8)13-12/h4-7,10,13H,3H2,1-2H3. The highest BCUT2D eigenvalue weighted by molar-refractivity contribution is 5.82. The summed E-state index contributed by atoms with van der Waals surface area (Å²) in [7, 11) is 1.64. The van der Waals surface area contributed by atoms with E-state index in [4.69, 9.17) is 4.74 Å². The van der Waals surface area contributed by atoms with Crippen LogP contribution >= 0.6 is 0 Å². The molecule has 16 heavy (non-hydrogen) atoms. The molecule has 2 aromatic rings. The van der Waals surface area contributed by atoms with Gasteiger partial charge in [0.15, 0.2) is 0 Å². The third-order valence-electron chi connectivity index (χ3n) is 2.72. The molecule has 0 spiro atoms. The lowest BCUT2D eigenvalue weighted by Gasteiger charge is -2.00. The van der Waals surface area contributed by atoms with Crippen molar-refractivity contribution in [2.24, 2.45) is 5.18 Å². The largest absolute Gasteiger partial charge is 0.497 e. The van der Waals surface area contributed by atoms with Gasteiger partial charge in [-0.25, -0.2) is 0 Å². The van der Waals surface area contributed by atoms with Crippen LogP contribution in [0.3, 0.4) is 0 Å². The number of rotatable bonds is 4. The van der Waals surface area contributed by atoms with Crippen molar-refractivity contribution in [2.45, 2.75) is 19.4 Å². The lowest BCUT2D eigenvalue weighted by atomic mass is 10.1. The van der Waals surface area contributed by atoms with Crippen LogP contribution in [-0.2, 0) is 0 Å². The first-order valence-electron chi connectivity index (χ1n) is 5.27. The maximum atomic E-state index is 10.6. The minimum Gasteiger partial charge on any atom is -0.497 e. The van der Waals surface area contributed by atoms with Crippen LogP contribution in [0.1, 0.15) is 25.1 Å². The Morgan fingerprint density at radius 1 is 1.44 bits per heavy atom. The summed E-state index contributed by atoms with van der Waals surface area (Å²) >= 11 is 0. The van der Waals surface area contributed by atoms with Crippen LogP contribution < -0.4 is 4.74 Å². The molecular weight excluding hydrogens is 204 g/mol. The van der Waals surface area contributed by atoms with E-state index < -0.39 is 0 Å². The van der Waals surface area contributed by atoms with Gasteiger partial charge in [-0.15, -0.1) is 0 Å². The Balaban J connectivity index is 2.46. The Kier molecular flexibility index (Phi) is 2.90. The number of nitroso groups, excluding NO2 is 1. The molecule has 84 valence electrons. The quantitative estimate of drug-likeness (QED) is 0.799. The molecule has 0 aliphatic rings. The molecule has 4 nitrogen and oxygen atoms in total. The van der Waals surface area contributed by atoms with Gasteiger partial charge in [0.1, 0.15) is 11.8 Å². The van der Waals surface area contributed by atoms with Crippen molar-refractivity contribution in [3.8, 4) is 5.75 Å². The second kappa shape index (κ2) is 4.35. The van der Waals surface area contributed by atoms with E-state index in [0.717, 1.165) is 22.3 Å². The molecule has 4 heteroatoms. The third-order valence-corrected chi connectivity index (χ3v) is 2.72. The Morgan fingerprint density at radius 3 is 2.88 bits per heavy atom. The van der Waals surface area contributed by atoms with Gasteiger partial charge in [0.25, 0.3) is 0 Å². The van der Waals surface area contributed by atoms with E-state index in [0.29, 0.717) is 6.42 Å². The number of hydrogen-bond acceptors (Lipinski definition) is 3. The van der Waals surface area contributed by atoms with Gasteiger partial charge < -0.3 is 9.72 Å². The lowest BCUT2D eigenvalue weighted by Crippen LogP contribution is -1.91. The first-order valence-corrected chi connectivity index (χ1v) is 5.27. The topological polar surface area (TPSA) is 54.4 Å². The maximum Gasteiger partial charge on any atom is 0.131 e. The molecule has 0 fully saturated rings. The maximum absolute atomic E-state index is 10.6. The van der Waals surface area contributed by atoms with Gasteiger partial charge in [-0.3, -0.25) is 0 Å². The molecule has 1 N–H and O–H groups in total. The average molecular weight is 218 g/mol. The Labute approximate surface area is 93.6 Å². The van der Waals surface area contributed by atoms with E-state index in [2.05, 4.69) is 10.2 Å². The van der Waals surface area contributed by atoms with Gasteiger partial charge in [-0.05, 0) is 30.7 Å². The van der Waals surface area contributed by atoms with Crippen molar-refractivity contribution in [1.29, 1.82) is 0 Å². The molecule has 0 saturated carbocycles. The molecule has 0 bridgehead atoms. The van der Waals surface area contributed by atoms with Gasteiger partial charge in [0.2, 0.25) is 0 Å². The zero-order valence-electron chi connectivity index (χ0n) is 9.36. The van der Waals surface area contributed by atoms with E-state index in [-0.39, 0.29) is 6.04 Å². The molecule has 0 amide bonds. The summed E-state index contributed by atoms with van der Waals surface area (Å²) in [6, 6.07) is 7.42. The molecular formula is C12H14N2O2. The molecule has 1 aromatic carbocycles. The summed E-state index contributed by atoms with van der Waals surface area (Å²) in [5.41, 5.74) is 1.86. The smallest absolute Gasteiger partial charge is 0.131 e. The minimum absolute atomic E-state index is 0.293. The number of H-pyrrole nitrogens is 1. The molecule has 0 aliphatic carbocycles. The van der Waals surface area contributed by atoms with Crippen LogP contribution in [0.2, 0.25) is 0 Å². The fourth-order valence-electron chi connectivity index (χ4n) is 1.79. The lowest BCUT2D eigenvalue weighted by molar-refractivity contribution is 0.415. The highest BCUT2D eigenvalue weighted by Crippen LogP contribution is 2.26. The van der Waals surface area contributed by atoms with E-state index in [1.54, 1.807) is 7.11 Å².